The third-order valence-electron chi connectivity index (χ3n) is 26.4. The number of nitro benzene ring substituents is 1. The van der Waals surface area contributed by atoms with E-state index in [2.05, 4.69) is 241 Å². The highest BCUT2D eigenvalue weighted by Crippen LogP contribution is 2.46. The number of aromatic amines is 6. The second-order valence-corrected chi connectivity index (χ2v) is 40.5. The Hall–Kier alpha value is -11.2. The number of fused-ring (bicyclic) bond motifs is 18. The number of aryl methyl sites for hydroxylation is 1. The number of ether oxygens (including phenoxy) is 1. The number of methoxy groups -OCH3 is 1. The van der Waals surface area contributed by atoms with Gasteiger partial charge in [-0.2, -0.15) is 0 Å². The summed E-state index contributed by atoms with van der Waals surface area (Å²) in [6.07, 6.45) is 4.78. The molecular weight excluding hydrogens is 2130 g/mol. The molecule has 0 aliphatic carbocycles. The van der Waals surface area contributed by atoms with Crippen molar-refractivity contribution in [1.29, 1.82) is 0 Å². The van der Waals surface area contributed by atoms with Crippen LogP contribution in [0.15, 0.2) is 265 Å². The molecule has 0 bridgehead atoms. The first-order valence-electron chi connectivity index (χ1n) is 44.8. The molecule has 18 aromatic rings. The summed E-state index contributed by atoms with van der Waals surface area (Å²) >= 11 is 36.4. The molecule has 0 spiro atoms. The van der Waals surface area contributed by atoms with E-state index in [-0.39, 0.29) is 52.3 Å². The highest BCUT2D eigenvalue weighted by atomic mass is 79.9. The number of nitrogens with zero attached hydrogens (tertiary/aromatic N) is 3. The number of amides is 2. The Morgan fingerprint density at radius 2 is 0.781 bits per heavy atom. The molecule has 10 N–H and O–H groups in total. The smallest absolute Gasteiger partial charge is 0.410 e. The van der Waals surface area contributed by atoms with E-state index >= 15 is 0 Å². The Bertz CT molecular complexity index is 7660. The van der Waals surface area contributed by atoms with Gasteiger partial charge in [0.2, 0.25) is 5.91 Å². The van der Waals surface area contributed by atoms with Crippen molar-refractivity contribution in [3.05, 3.63) is 420 Å². The number of nitro groups is 1. The maximum Gasteiger partial charge on any atom is 0.410 e. The van der Waals surface area contributed by atoms with Crippen molar-refractivity contribution < 1.29 is 36.8 Å². The van der Waals surface area contributed by atoms with E-state index in [9.17, 15) is 37.3 Å². The summed E-state index contributed by atoms with van der Waals surface area (Å²) in [5.74, 6) is -2.15. The van der Waals surface area contributed by atoms with Crippen molar-refractivity contribution in [2.24, 2.45) is 0 Å². The van der Waals surface area contributed by atoms with Gasteiger partial charge in [-0.15, -0.1) is 0 Å². The van der Waals surface area contributed by atoms with Gasteiger partial charge >= 0.3 is 6.09 Å². The molecule has 6 atom stereocenters. The van der Waals surface area contributed by atoms with Crippen LogP contribution in [0.5, 0.6) is 0 Å². The van der Waals surface area contributed by atoms with Gasteiger partial charge in [0.25, 0.3) is 5.69 Å². The van der Waals surface area contributed by atoms with Gasteiger partial charge in [0.05, 0.1) is 52.3 Å². The lowest BCUT2D eigenvalue weighted by molar-refractivity contribution is -0.384. The number of carbonyl (C=O) groups excluding carboxylic acids is 2. The van der Waals surface area contributed by atoms with Gasteiger partial charge in [0.15, 0.2) is 0 Å². The fraction of sp³-hybridized carbons (Fsp3) is 0.196. The zero-order valence-electron chi connectivity index (χ0n) is 74.0. The quantitative estimate of drug-likeness (QED) is 0.0414. The van der Waals surface area contributed by atoms with Gasteiger partial charge in [-0.05, 0) is 252 Å². The van der Waals surface area contributed by atoms with Crippen LogP contribution in [0.25, 0.3) is 65.4 Å². The first-order valence-corrected chi connectivity index (χ1v) is 49.9. The minimum absolute atomic E-state index is 0.0331. The van der Waals surface area contributed by atoms with E-state index < -0.39 is 35.4 Å². The zero-order chi connectivity index (χ0) is 95.3. The predicted octanol–water partition coefficient (Wildman–Crippen LogP) is 27.7. The maximum absolute atomic E-state index is 14.5. The molecule has 30 heteroatoms. The average molecular weight is 2220 g/mol. The molecule has 0 saturated carbocycles. The van der Waals surface area contributed by atoms with Gasteiger partial charge in [-0.3, -0.25) is 19.8 Å². The molecule has 696 valence electrons. The Morgan fingerprint density at radius 1 is 0.387 bits per heavy atom. The van der Waals surface area contributed by atoms with Crippen molar-refractivity contribution in [3.8, 4) is 0 Å². The van der Waals surface area contributed by atoms with Crippen LogP contribution in [0, 0.1) is 40.3 Å². The molecule has 0 radical (unpaired) electrons. The van der Waals surface area contributed by atoms with Crippen LogP contribution in [-0.4, -0.2) is 103 Å². The van der Waals surface area contributed by atoms with Crippen LogP contribution in [0.3, 0.4) is 0 Å². The van der Waals surface area contributed by atoms with Gasteiger partial charge in [0.1, 0.15) is 29.3 Å². The van der Waals surface area contributed by atoms with Crippen molar-refractivity contribution in [3.63, 3.8) is 0 Å². The summed E-state index contributed by atoms with van der Waals surface area (Å²) in [6.45, 7) is 8.44. The van der Waals surface area contributed by atoms with E-state index in [1.54, 1.807) is 25.1 Å². The van der Waals surface area contributed by atoms with E-state index in [1.165, 1.54) is 102 Å². The van der Waals surface area contributed by atoms with Crippen molar-refractivity contribution in [2.75, 3.05) is 46.4 Å². The largest absolute Gasteiger partial charge is 0.453 e. The molecule has 6 aliphatic heterocycles. The maximum atomic E-state index is 14.5. The second-order valence-electron chi connectivity index (χ2n) is 34.7. The predicted molar refractivity (Wildman–Crippen MR) is 555 cm³/mol. The van der Waals surface area contributed by atoms with Crippen LogP contribution >= 0.6 is 114 Å². The standard InChI is InChI=1S/C19H17BrN2O.C19H15ClF2N2O2.C18H17BrN2.C17H13BrCl2N2.C17H13BrF2N2.C17H14BrN3O2/c1-12(23)22-10-9-15-16-11-14(20)7-8-17(16)21-18(15)19(22)13-5-3-2-4-6-13;1-26-19(25)24-7-6-12-13-8-10(20)2-5-16(13)23-17(12)18(24)14-9-11(21)3-4-15(14)22;1-11-2-4-12(5-3-11)17-18-14(8-9-20-17)15-10-13(19)6-7-16(15)21-18;18-9-4-5-14-12(8-9)10-6-7-21-16(17(10)22-14)11-2-1-3-13(19)15(11)20;18-10-1-2-15-14(7-10)13-3-4-21-16(17(13)22-15)9-5-11(19)8-12(20)6-9;18-11-3-6-15-14(9-11)13-7-8-19-16(17(13)20-15)10-1-4-12(5-2-10)21(22)23/h2-8,11,19,21H,9-10H2,1H3;2-5,8-9,18,23H,6-7H2,1H3;2-7,10,17,20-21H,8-9H2,1H3;1-5,8,16,21-22H,6-7H2;1-2,5-8,16,21-22H,3-4H2;1-6,9,16,19-20H,7-8H2. The number of nitrogens with one attached hydrogen (secondary N) is 10. The number of hydrogen-bond acceptors (Lipinski definition) is 9. The third-order valence-corrected chi connectivity index (χ3v) is 29.9. The molecule has 137 heavy (non-hydrogen) atoms. The van der Waals surface area contributed by atoms with E-state index in [1.807, 2.05) is 89.8 Å². The van der Waals surface area contributed by atoms with Gasteiger partial charge < -0.3 is 60.8 Å². The number of benzene rings is 12. The minimum Gasteiger partial charge on any atom is -0.453 e. The fourth-order valence-electron chi connectivity index (χ4n) is 20.2. The zero-order valence-corrected chi connectivity index (χ0v) is 84.2. The molecule has 18 nitrogen and oxygen atoms in total. The summed E-state index contributed by atoms with van der Waals surface area (Å²) < 4.78 is 65.7. The molecule has 0 fully saturated rings. The first kappa shape index (κ1) is 94.8. The summed E-state index contributed by atoms with van der Waals surface area (Å²) in [7, 11) is 1.27. The van der Waals surface area contributed by atoms with Crippen LogP contribution < -0.4 is 21.3 Å². The fourth-order valence-corrected chi connectivity index (χ4v) is 22.6. The molecule has 6 aliphatic rings. The highest BCUT2D eigenvalue weighted by molar-refractivity contribution is 9.11. The molecule has 6 unspecified atom stereocenters. The minimum atomic E-state index is -0.812. The summed E-state index contributed by atoms with van der Waals surface area (Å²) in [5, 5.41) is 33.8. The number of rotatable bonds is 7. The highest BCUT2D eigenvalue weighted by Gasteiger charge is 2.39. The lowest BCUT2D eigenvalue weighted by atomic mass is 9.92. The number of carbonyl (C=O) groups is 2. The van der Waals surface area contributed by atoms with E-state index in [0.29, 0.717) is 39.3 Å². The average Bonchev–Trinajstić information content (AvgIpc) is 1.61. The molecule has 12 aromatic carbocycles. The lowest BCUT2D eigenvalue weighted by Gasteiger charge is -2.35. The Morgan fingerprint density at radius 3 is 1.23 bits per heavy atom. The summed E-state index contributed by atoms with van der Waals surface area (Å²) in [5.41, 5.74) is 27.2. The van der Waals surface area contributed by atoms with Crippen molar-refractivity contribution in [1.82, 2.24) is 61.0 Å². The van der Waals surface area contributed by atoms with Crippen LogP contribution in [-0.2, 0) is 48.1 Å². The molecule has 6 aromatic heterocycles. The van der Waals surface area contributed by atoms with Crippen molar-refractivity contribution in [2.45, 2.75) is 88.6 Å². The first-order chi connectivity index (χ1) is 66.3. The number of aromatic nitrogens is 6. The van der Waals surface area contributed by atoms with Crippen LogP contribution in [0.4, 0.5) is 28.0 Å². The topological polar surface area (TPSA) is 236 Å². The molecular formula is C107H89Br5Cl3F4N13O5. The number of hydrogen-bond donors (Lipinski definition) is 10. The Kier molecular flexibility index (Phi) is 28.2. The SMILES string of the molecule is CC(=O)N1CCc2c([nH]c3ccc(Br)cc23)C1c1ccccc1.COC(=O)N1CCc2c([nH]c3ccc(Cl)cc23)C1c1cc(F)ccc1F.Cc1ccc(C2NCCc3c2[nH]c2ccc(Br)cc32)cc1.Clc1cccc(C2NCCc3c2[nH]c2ccc(Br)cc32)c1Cl.Fc1cc(F)cc(C2NCCc3c2[nH]c2ccc(Br)cc32)c1.O=[N+]([O-])c1ccc(C2NCCc3c2[nH]c2ccc(Br)cc32)cc1. The monoisotopic (exact) mass is 2210 g/mol. The van der Waals surface area contributed by atoms with E-state index in [4.69, 9.17) is 39.5 Å². The van der Waals surface area contributed by atoms with Gasteiger partial charge in [0, 0.05) is 197 Å². The Labute approximate surface area is 843 Å². The molecule has 0 saturated heterocycles. The number of non-ortho nitro benzene ring substituents is 1. The summed E-state index contributed by atoms with van der Waals surface area (Å²) in [4.78, 5) is 59.2. The number of halogens is 12. The molecule has 24 rings (SSSR count). The molecule has 12 heterocycles. The second kappa shape index (κ2) is 40.7. The normalized spacial score (nSPS) is 17.4. The van der Waals surface area contributed by atoms with Gasteiger partial charge in [-0.1, -0.05) is 199 Å². The molecule has 2 amide bonds. The number of H-pyrrole nitrogens is 6. The lowest BCUT2D eigenvalue weighted by Crippen LogP contribution is -2.40. The van der Waals surface area contributed by atoms with Crippen LogP contribution in [0.2, 0.25) is 15.1 Å². The van der Waals surface area contributed by atoms with Gasteiger partial charge in [-0.25, -0.2) is 22.4 Å². The van der Waals surface area contributed by atoms with Crippen molar-refractivity contribution >= 4 is 198 Å². The Balaban J connectivity index is 0.000000105. The third kappa shape index (κ3) is 19.6. The van der Waals surface area contributed by atoms with Crippen LogP contribution in [0.1, 0.15) is 150 Å². The van der Waals surface area contributed by atoms with E-state index in [0.717, 1.165) is 189 Å². The summed E-state index contributed by atoms with van der Waals surface area (Å²) in [6, 6.07) is 74.7.